The maximum absolute atomic E-state index is 13.5. The Hall–Kier alpha value is -1.87. The van der Waals surface area contributed by atoms with Crippen LogP contribution in [0.3, 0.4) is 0 Å². The molecule has 0 amide bonds. The molecule has 0 radical (unpaired) electrons. The first-order valence-electron chi connectivity index (χ1n) is 6.37. The number of rotatable bonds is 3. The van der Waals surface area contributed by atoms with E-state index in [4.69, 9.17) is 4.74 Å². The molecule has 1 aliphatic rings. The van der Waals surface area contributed by atoms with E-state index in [0.29, 0.717) is 5.56 Å². The molecule has 0 fully saturated rings. The van der Waals surface area contributed by atoms with Crippen LogP contribution in [0, 0.1) is 0 Å². The van der Waals surface area contributed by atoms with Crippen LogP contribution in [0.4, 0.5) is 13.2 Å². The third kappa shape index (κ3) is 3.11. The molecule has 9 heteroatoms. The number of carbonyl (C=O) groups is 1. The van der Waals surface area contributed by atoms with Gasteiger partial charge in [-0.25, -0.2) is 9.79 Å². The number of nitrogens with zero attached hydrogens (tertiary/aromatic N) is 2. The van der Waals surface area contributed by atoms with Crippen LogP contribution < -0.4 is 0 Å². The van der Waals surface area contributed by atoms with Crippen molar-refractivity contribution in [3.63, 3.8) is 0 Å². The molecule has 0 spiro atoms. The highest BCUT2D eigenvalue weighted by atomic mass is 32.2. The molecule has 0 aromatic carbocycles. The van der Waals surface area contributed by atoms with E-state index in [2.05, 4.69) is 9.98 Å². The van der Waals surface area contributed by atoms with Crippen molar-refractivity contribution in [3.05, 3.63) is 52.5 Å². The Morgan fingerprint density at radius 2 is 2.17 bits per heavy atom. The van der Waals surface area contributed by atoms with Gasteiger partial charge in [-0.1, -0.05) is 11.8 Å². The summed E-state index contributed by atoms with van der Waals surface area (Å²) in [6.45, 7) is 0. The quantitative estimate of drug-likeness (QED) is 0.784. The van der Waals surface area contributed by atoms with Crippen molar-refractivity contribution in [3.8, 4) is 0 Å². The van der Waals surface area contributed by atoms with Crippen molar-refractivity contribution in [1.82, 2.24) is 4.98 Å². The van der Waals surface area contributed by atoms with Gasteiger partial charge >= 0.3 is 17.9 Å². The molecule has 2 aromatic rings. The topological polar surface area (TPSA) is 51.5 Å². The number of alkyl halides is 3. The second kappa shape index (κ2) is 5.97. The van der Waals surface area contributed by atoms with Crippen molar-refractivity contribution in [1.29, 1.82) is 0 Å². The predicted octanol–water partition coefficient (Wildman–Crippen LogP) is 3.75. The van der Waals surface area contributed by atoms with E-state index < -0.39 is 23.6 Å². The van der Waals surface area contributed by atoms with Gasteiger partial charge in [-0.05, 0) is 23.6 Å². The zero-order valence-corrected chi connectivity index (χ0v) is 13.0. The van der Waals surface area contributed by atoms with Crippen LogP contribution in [0.1, 0.15) is 15.9 Å². The molecule has 2 aromatic heterocycles. The van der Waals surface area contributed by atoms with Gasteiger partial charge in [-0.3, -0.25) is 4.98 Å². The monoisotopic (exact) mass is 358 g/mol. The number of thiophene rings is 1. The van der Waals surface area contributed by atoms with Gasteiger partial charge in [0.15, 0.2) is 0 Å². The van der Waals surface area contributed by atoms with Crippen molar-refractivity contribution in [2.24, 2.45) is 4.99 Å². The number of pyridine rings is 1. The smallest absolute Gasteiger partial charge is 0.422 e. The SMILES string of the molecule is O=C(OC1(C(F)(F)F)CSC(c2cccnc2)=N1)c1ccsc1. The number of hydrogen-bond donors (Lipinski definition) is 0. The molecule has 3 rings (SSSR count). The Bertz CT molecular complexity index is 732. The first-order chi connectivity index (χ1) is 10.9. The summed E-state index contributed by atoms with van der Waals surface area (Å²) >= 11 is 2.08. The molecule has 120 valence electrons. The number of aromatic nitrogens is 1. The van der Waals surface area contributed by atoms with Crippen LogP contribution in [0.15, 0.2) is 46.3 Å². The van der Waals surface area contributed by atoms with Crippen molar-refractivity contribution in [2.75, 3.05) is 5.75 Å². The molecule has 0 aliphatic carbocycles. The van der Waals surface area contributed by atoms with Gasteiger partial charge in [0.05, 0.1) is 11.3 Å². The zero-order valence-electron chi connectivity index (χ0n) is 11.4. The van der Waals surface area contributed by atoms with Crippen molar-refractivity contribution < 1.29 is 22.7 Å². The third-order valence-corrected chi connectivity index (χ3v) is 4.88. The fraction of sp³-hybridized carbons (Fsp3) is 0.214. The minimum absolute atomic E-state index is 0.0775. The molecule has 23 heavy (non-hydrogen) atoms. The lowest BCUT2D eigenvalue weighted by atomic mass is 10.2. The normalized spacial score (nSPS) is 21.1. The number of halogens is 3. The Labute approximate surface area is 137 Å². The van der Waals surface area contributed by atoms with Crippen LogP contribution in [-0.4, -0.2) is 33.7 Å². The highest BCUT2D eigenvalue weighted by molar-refractivity contribution is 8.14. The zero-order chi connectivity index (χ0) is 16.5. The second-order valence-corrected chi connectivity index (χ2v) is 6.38. The first-order valence-corrected chi connectivity index (χ1v) is 8.29. The minimum atomic E-state index is -4.81. The largest absolute Gasteiger partial charge is 0.451 e. The van der Waals surface area contributed by atoms with E-state index in [0.717, 1.165) is 11.8 Å². The van der Waals surface area contributed by atoms with Crippen molar-refractivity contribution in [2.45, 2.75) is 11.9 Å². The van der Waals surface area contributed by atoms with E-state index in [1.165, 1.54) is 35.2 Å². The molecule has 1 aliphatic heterocycles. The number of ether oxygens (including phenoxy) is 1. The molecule has 0 N–H and O–H groups in total. The van der Waals surface area contributed by atoms with Gasteiger partial charge in [0.25, 0.3) is 0 Å². The van der Waals surface area contributed by atoms with E-state index in [1.807, 2.05) is 0 Å². The number of carbonyl (C=O) groups excluding carboxylic acids is 1. The summed E-state index contributed by atoms with van der Waals surface area (Å²) in [4.78, 5) is 19.5. The van der Waals surface area contributed by atoms with Gasteiger partial charge in [0.2, 0.25) is 0 Å². The van der Waals surface area contributed by atoms with E-state index >= 15 is 0 Å². The molecule has 1 unspecified atom stereocenters. The Morgan fingerprint density at radius 3 is 2.78 bits per heavy atom. The first kappa shape index (κ1) is 16.0. The van der Waals surface area contributed by atoms with Crippen LogP contribution in [0.2, 0.25) is 0 Å². The molecule has 0 bridgehead atoms. The lowest BCUT2D eigenvalue weighted by molar-refractivity contribution is -0.245. The standard InChI is InChI=1S/C14H9F3N2O2S2/c15-14(16,17)13(21-12(20)10-3-5-22-7-10)8-23-11(19-13)9-2-1-4-18-6-9/h1-7H,8H2. The second-order valence-electron chi connectivity index (χ2n) is 4.63. The summed E-state index contributed by atoms with van der Waals surface area (Å²) in [5.41, 5.74) is -2.34. The average molecular weight is 358 g/mol. The number of esters is 1. The van der Waals surface area contributed by atoms with Crippen molar-refractivity contribution >= 4 is 34.1 Å². The van der Waals surface area contributed by atoms with E-state index in [9.17, 15) is 18.0 Å². The molecule has 4 nitrogen and oxygen atoms in total. The maximum atomic E-state index is 13.5. The number of hydrogen-bond acceptors (Lipinski definition) is 6. The van der Waals surface area contributed by atoms with Gasteiger partial charge in [0, 0.05) is 23.3 Å². The highest BCUT2D eigenvalue weighted by Gasteiger charge is 2.61. The number of aliphatic imine (C=N–C) groups is 1. The molecule has 1 atom stereocenters. The average Bonchev–Trinajstić information content (AvgIpc) is 3.17. The molecular weight excluding hydrogens is 349 g/mol. The van der Waals surface area contributed by atoms with Gasteiger partial charge in [-0.2, -0.15) is 24.5 Å². The summed E-state index contributed by atoms with van der Waals surface area (Å²) in [5, 5.41) is 3.17. The molecular formula is C14H9F3N2O2S2. The Kier molecular flexibility index (Phi) is 4.15. The lowest BCUT2D eigenvalue weighted by Gasteiger charge is -2.27. The van der Waals surface area contributed by atoms with Crippen LogP contribution in [-0.2, 0) is 4.74 Å². The van der Waals surface area contributed by atoms with Gasteiger partial charge < -0.3 is 4.74 Å². The Balaban J connectivity index is 1.93. The third-order valence-electron chi connectivity index (χ3n) is 3.06. The Morgan fingerprint density at radius 1 is 1.35 bits per heavy atom. The fourth-order valence-corrected chi connectivity index (χ4v) is 3.62. The molecule has 3 heterocycles. The molecule has 0 saturated heterocycles. The summed E-state index contributed by atoms with van der Waals surface area (Å²) in [6.07, 6.45) is -1.88. The van der Waals surface area contributed by atoms with E-state index in [1.54, 1.807) is 17.5 Å². The highest BCUT2D eigenvalue weighted by Crippen LogP contribution is 2.44. The molecule has 0 saturated carbocycles. The van der Waals surface area contributed by atoms with Crippen LogP contribution >= 0.6 is 23.1 Å². The summed E-state index contributed by atoms with van der Waals surface area (Å²) in [5.74, 6) is -1.56. The summed E-state index contributed by atoms with van der Waals surface area (Å²) in [7, 11) is 0. The van der Waals surface area contributed by atoms with Crippen LogP contribution in [0.5, 0.6) is 0 Å². The van der Waals surface area contributed by atoms with Crippen LogP contribution in [0.25, 0.3) is 0 Å². The van der Waals surface area contributed by atoms with Gasteiger partial charge in [0.1, 0.15) is 5.04 Å². The summed E-state index contributed by atoms with van der Waals surface area (Å²) < 4.78 is 45.3. The van der Waals surface area contributed by atoms with E-state index in [-0.39, 0.29) is 10.6 Å². The number of thioether (sulfide) groups is 1. The summed E-state index contributed by atoms with van der Waals surface area (Å²) in [6, 6.07) is 4.61. The fourth-order valence-electron chi connectivity index (χ4n) is 1.88. The maximum Gasteiger partial charge on any atom is 0.451 e. The van der Waals surface area contributed by atoms with Gasteiger partial charge in [-0.15, -0.1) is 0 Å². The minimum Gasteiger partial charge on any atom is -0.422 e. The predicted molar refractivity (Wildman–Crippen MR) is 81.8 cm³/mol. The lowest BCUT2D eigenvalue weighted by Crippen LogP contribution is -2.48.